The minimum Gasteiger partial charge on any atom is -0.354 e. The van der Waals surface area contributed by atoms with Gasteiger partial charge >= 0.3 is 0 Å². The Morgan fingerprint density at radius 3 is 2.41 bits per heavy atom. The van der Waals surface area contributed by atoms with Crippen LogP contribution in [0.25, 0.3) is 0 Å². The van der Waals surface area contributed by atoms with Crippen molar-refractivity contribution in [2.45, 2.75) is 37.8 Å². The minimum absolute atomic E-state index is 0.163. The first-order valence-corrected chi connectivity index (χ1v) is 13.9. The number of nitrogens with zero attached hydrogens (tertiary/aromatic N) is 1. The molecule has 3 rings (SSSR count). The highest BCUT2D eigenvalue weighted by molar-refractivity contribution is 7.98. The SMILES string of the molecule is Cc1cccc(CSCCCNC(=O)CN(c2cccc(C)c2C)S(=O)(=O)c2ccccc2)c1. The largest absolute Gasteiger partial charge is 0.354 e. The molecule has 0 heterocycles. The van der Waals surface area contributed by atoms with E-state index in [1.807, 2.05) is 37.7 Å². The Balaban J connectivity index is 1.61. The van der Waals surface area contributed by atoms with Gasteiger partial charge < -0.3 is 5.32 Å². The molecule has 0 radical (unpaired) electrons. The number of rotatable bonds is 11. The number of benzene rings is 3. The van der Waals surface area contributed by atoms with Crippen molar-refractivity contribution in [1.82, 2.24) is 5.32 Å². The topological polar surface area (TPSA) is 66.5 Å². The van der Waals surface area contributed by atoms with Crippen LogP contribution in [0.4, 0.5) is 5.69 Å². The number of anilines is 1. The Morgan fingerprint density at radius 1 is 0.941 bits per heavy atom. The van der Waals surface area contributed by atoms with Crippen molar-refractivity contribution in [2.24, 2.45) is 0 Å². The van der Waals surface area contributed by atoms with Gasteiger partial charge in [0.15, 0.2) is 0 Å². The maximum atomic E-state index is 13.4. The number of nitrogens with one attached hydrogen (secondary N) is 1. The minimum atomic E-state index is -3.89. The zero-order valence-electron chi connectivity index (χ0n) is 20.0. The second-order valence-electron chi connectivity index (χ2n) is 8.29. The van der Waals surface area contributed by atoms with Crippen LogP contribution in [0, 0.1) is 20.8 Å². The summed E-state index contributed by atoms with van der Waals surface area (Å²) >= 11 is 1.82. The van der Waals surface area contributed by atoms with E-state index in [4.69, 9.17) is 0 Å². The summed E-state index contributed by atoms with van der Waals surface area (Å²) in [7, 11) is -3.89. The molecule has 0 aliphatic rings. The third kappa shape index (κ3) is 6.87. The van der Waals surface area contributed by atoms with Gasteiger partial charge in [-0.2, -0.15) is 11.8 Å². The van der Waals surface area contributed by atoms with Crippen LogP contribution in [0.3, 0.4) is 0 Å². The smallest absolute Gasteiger partial charge is 0.264 e. The maximum absolute atomic E-state index is 13.4. The van der Waals surface area contributed by atoms with Crippen molar-refractivity contribution in [2.75, 3.05) is 23.1 Å². The Kier molecular flexibility index (Phi) is 9.19. The molecule has 0 saturated carbocycles. The number of aryl methyl sites for hydroxylation is 2. The van der Waals surface area contributed by atoms with Crippen LogP contribution in [0.2, 0.25) is 0 Å². The number of thioether (sulfide) groups is 1. The monoisotopic (exact) mass is 496 g/mol. The van der Waals surface area contributed by atoms with Gasteiger partial charge in [0.2, 0.25) is 5.91 Å². The molecule has 0 atom stereocenters. The molecule has 0 aliphatic carbocycles. The van der Waals surface area contributed by atoms with E-state index in [0.29, 0.717) is 12.2 Å². The molecule has 0 aliphatic heterocycles. The fourth-order valence-corrected chi connectivity index (χ4v) is 6.01. The van der Waals surface area contributed by atoms with Gasteiger partial charge in [0.05, 0.1) is 10.6 Å². The predicted octanol–water partition coefficient (Wildman–Crippen LogP) is 5.25. The number of carbonyl (C=O) groups excluding carboxylic acids is 1. The Hall–Kier alpha value is -2.77. The van der Waals surface area contributed by atoms with E-state index >= 15 is 0 Å². The van der Waals surface area contributed by atoms with Crippen molar-refractivity contribution in [3.05, 3.63) is 95.1 Å². The van der Waals surface area contributed by atoms with Gasteiger partial charge in [-0.1, -0.05) is 60.2 Å². The van der Waals surface area contributed by atoms with Crippen LogP contribution >= 0.6 is 11.8 Å². The summed E-state index contributed by atoms with van der Waals surface area (Å²) in [6.07, 6.45) is 0.817. The molecule has 0 fully saturated rings. The van der Waals surface area contributed by atoms with Crippen molar-refractivity contribution in [3.8, 4) is 0 Å². The summed E-state index contributed by atoms with van der Waals surface area (Å²) in [5.41, 5.74) is 4.88. The molecule has 3 aromatic carbocycles. The number of sulfonamides is 1. The highest BCUT2D eigenvalue weighted by Gasteiger charge is 2.28. The van der Waals surface area contributed by atoms with Gasteiger partial charge in [-0.25, -0.2) is 8.42 Å². The van der Waals surface area contributed by atoms with E-state index in [2.05, 4.69) is 36.5 Å². The van der Waals surface area contributed by atoms with Gasteiger partial charge in [-0.05, 0) is 67.8 Å². The Morgan fingerprint density at radius 2 is 1.68 bits per heavy atom. The second kappa shape index (κ2) is 12.1. The molecule has 180 valence electrons. The molecule has 1 amide bonds. The van der Waals surface area contributed by atoms with E-state index in [-0.39, 0.29) is 17.3 Å². The van der Waals surface area contributed by atoms with E-state index in [1.165, 1.54) is 15.4 Å². The van der Waals surface area contributed by atoms with E-state index < -0.39 is 10.0 Å². The molecule has 0 bridgehead atoms. The third-order valence-electron chi connectivity index (χ3n) is 5.60. The molecule has 3 aromatic rings. The molecule has 0 spiro atoms. The summed E-state index contributed by atoms with van der Waals surface area (Å²) in [5, 5.41) is 2.89. The molecular formula is C27H32N2O3S2. The molecule has 34 heavy (non-hydrogen) atoms. The van der Waals surface area contributed by atoms with Crippen LogP contribution in [-0.4, -0.2) is 33.2 Å². The molecule has 5 nitrogen and oxygen atoms in total. The first-order chi connectivity index (χ1) is 16.3. The highest BCUT2D eigenvalue weighted by Crippen LogP contribution is 2.28. The summed E-state index contributed by atoms with van der Waals surface area (Å²) in [4.78, 5) is 12.9. The van der Waals surface area contributed by atoms with Crippen molar-refractivity contribution in [1.29, 1.82) is 0 Å². The standard InChI is InChI=1S/C27H32N2O3S2/c1-21-10-7-12-24(18-21)20-33-17-9-16-28-27(30)19-29(26-15-8-11-22(2)23(26)3)34(31,32)25-13-5-4-6-14-25/h4-8,10-15,18H,9,16-17,19-20H2,1-3H3,(H,28,30). The van der Waals surface area contributed by atoms with Crippen molar-refractivity contribution < 1.29 is 13.2 Å². The Labute approximate surface area is 207 Å². The van der Waals surface area contributed by atoms with E-state index in [0.717, 1.165) is 29.1 Å². The van der Waals surface area contributed by atoms with Crippen LogP contribution < -0.4 is 9.62 Å². The number of amides is 1. The van der Waals surface area contributed by atoms with Gasteiger partial charge in [0.1, 0.15) is 6.54 Å². The van der Waals surface area contributed by atoms with E-state index in [9.17, 15) is 13.2 Å². The molecule has 7 heteroatoms. The van der Waals surface area contributed by atoms with Gasteiger partial charge in [0, 0.05) is 12.3 Å². The second-order valence-corrected chi connectivity index (χ2v) is 11.3. The zero-order chi connectivity index (χ0) is 24.6. The average Bonchev–Trinajstić information content (AvgIpc) is 2.82. The number of carbonyl (C=O) groups is 1. The molecule has 0 aromatic heterocycles. The lowest BCUT2D eigenvalue weighted by molar-refractivity contribution is -0.119. The summed E-state index contributed by atoms with van der Waals surface area (Å²) in [5.74, 6) is 1.53. The molecule has 0 unspecified atom stereocenters. The van der Waals surface area contributed by atoms with Gasteiger partial charge in [0.25, 0.3) is 10.0 Å². The van der Waals surface area contributed by atoms with Crippen molar-refractivity contribution >= 4 is 33.4 Å². The molecule has 1 N–H and O–H groups in total. The first-order valence-electron chi connectivity index (χ1n) is 11.3. The lowest BCUT2D eigenvalue weighted by Crippen LogP contribution is -2.41. The fraction of sp³-hybridized carbons (Fsp3) is 0.296. The molecule has 0 saturated heterocycles. The van der Waals surface area contributed by atoms with Crippen LogP contribution in [0.1, 0.15) is 28.7 Å². The fourth-order valence-electron chi connectivity index (χ4n) is 3.61. The average molecular weight is 497 g/mol. The van der Waals surface area contributed by atoms with Crippen LogP contribution in [-0.2, 0) is 20.6 Å². The number of hydrogen-bond donors (Lipinski definition) is 1. The normalized spacial score (nSPS) is 11.3. The quantitative estimate of drug-likeness (QED) is 0.368. The summed E-state index contributed by atoms with van der Waals surface area (Å²) < 4.78 is 28.1. The number of hydrogen-bond acceptors (Lipinski definition) is 4. The zero-order valence-corrected chi connectivity index (χ0v) is 21.6. The third-order valence-corrected chi connectivity index (χ3v) is 8.49. The van der Waals surface area contributed by atoms with Crippen LogP contribution in [0.15, 0.2) is 77.7 Å². The van der Waals surface area contributed by atoms with Crippen LogP contribution in [0.5, 0.6) is 0 Å². The summed E-state index contributed by atoms with van der Waals surface area (Å²) in [6.45, 7) is 6.13. The first kappa shape index (κ1) is 25.8. The van der Waals surface area contributed by atoms with Gasteiger partial charge in [-0.15, -0.1) is 0 Å². The predicted molar refractivity (Wildman–Crippen MR) is 142 cm³/mol. The lowest BCUT2D eigenvalue weighted by Gasteiger charge is -2.26. The highest BCUT2D eigenvalue weighted by atomic mass is 32.2. The Bertz CT molecular complexity index is 1210. The summed E-state index contributed by atoms with van der Waals surface area (Å²) in [6, 6.07) is 22.2. The van der Waals surface area contributed by atoms with Gasteiger partial charge in [-0.3, -0.25) is 9.10 Å². The maximum Gasteiger partial charge on any atom is 0.264 e. The van der Waals surface area contributed by atoms with E-state index in [1.54, 1.807) is 36.4 Å². The lowest BCUT2D eigenvalue weighted by atomic mass is 10.1. The van der Waals surface area contributed by atoms with Crippen molar-refractivity contribution in [3.63, 3.8) is 0 Å². The molecular weight excluding hydrogens is 464 g/mol.